The van der Waals surface area contributed by atoms with Gasteiger partial charge in [-0.3, -0.25) is 0 Å². The summed E-state index contributed by atoms with van der Waals surface area (Å²) in [5.41, 5.74) is 0.964. The van der Waals surface area contributed by atoms with Crippen molar-refractivity contribution in [2.45, 2.75) is 32.8 Å². The van der Waals surface area contributed by atoms with E-state index in [0.717, 1.165) is 37.3 Å². The highest BCUT2D eigenvalue weighted by Gasteiger charge is 2.05. The van der Waals surface area contributed by atoms with Crippen molar-refractivity contribution in [2.75, 3.05) is 32.9 Å². The Morgan fingerprint density at radius 3 is 2.86 bits per heavy atom. The Bertz CT molecular complexity index is 401. The van der Waals surface area contributed by atoms with Crippen LogP contribution in [0.5, 0.6) is 5.75 Å². The van der Waals surface area contributed by atoms with Crippen LogP contribution in [0.15, 0.2) is 18.2 Å². The number of halogens is 1. The molecule has 1 aromatic rings. The quantitative estimate of drug-likeness (QED) is 0.617. The van der Waals surface area contributed by atoms with E-state index in [4.69, 9.17) is 21.1 Å². The van der Waals surface area contributed by atoms with Gasteiger partial charge in [-0.2, -0.15) is 0 Å². The number of nitrogens with one attached hydrogen (secondary N) is 1. The van der Waals surface area contributed by atoms with Crippen molar-refractivity contribution in [1.82, 2.24) is 5.32 Å². The summed E-state index contributed by atoms with van der Waals surface area (Å²) in [5, 5.41) is 13.7. The lowest BCUT2D eigenvalue weighted by Crippen LogP contribution is -2.33. The molecule has 0 radical (unpaired) electrons. The highest BCUT2D eigenvalue weighted by Crippen LogP contribution is 2.20. The average molecular weight is 316 g/mol. The van der Waals surface area contributed by atoms with E-state index in [-0.39, 0.29) is 6.61 Å². The largest absolute Gasteiger partial charge is 0.491 e. The maximum Gasteiger partial charge on any atom is 0.119 e. The Balaban J connectivity index is 2.08. The van der Waals surface area contributed by atoms with Crippen LogP contribution in [-0.4, -0.2) is 44.1 Å². The van der Waals surface area contributed by atoms with E-state index in [9.17, 15) is 5.11 Å². The molecule has 0 aromatic heterocycles. The first-order chi connectivity index (χ1) is 10.1. The third-order valence-electron chi connectivity index (χ3n) is 3.02. The second-order valence-electron chi connectivity index (χ2n) is 5.05. The summed E-state index contributed by atoms with van der Waals surface area (Å²) in [6.45, 7) is 7.02. The molecule has 5 heteroatoms. The Kier molecular flexibility index (Phi) is 9.42. The lowest BCUT2D eigenvalue weighted by atomic mass is 10.2. The summed E-state index contributed by atoms with van der Waals surface area (Å²) in [6, 6.07) is 5.46. The van der Waals surface area contributed by atoms with Crippen molar-refractivity contribution in [3.05, 3.63) is 28.8 Å². The minimum absolute atomic E-state index is 0.255. The van der Waals surface area contributed by atoms with Crippen molar-refractivity contribution < 1.29 is 14.6 Å². The van der Waals surface area contributed by atoms with Crippen molar-refractivity contribution in [3.8, 4) is 5.75 Å². The zero-order valence-corrected chi connectivity index (χ0v) is 13.7. The summed E-state index contributed by atoms with van der Waals surface area (Å²) < 4.78 is 11.0. The normalized spacial score (nSPS) is 12.4. The first-order valence-electron chi connectivity index (χ1n) is 7.49. The standard InChI is InChI=1S/C16H26ClNO3/c1-3-4-8-20-9-7-18-11-14(19)12-21-15-5-6-16(17)13(2)10-15/h5-6,10,14,18-19H,3-4,7-9,11-12H2,1-2H3. The fraction of sp³-hybridized carbons (Fsp3) is 0.625. The minimum atomic E-state index is -0.545. The molecule has 0 bridgehead atoms. The van der Waals surface area contributed by atoms with Crippen molar-refractivity contribution >= 4 is 11.6 Å². The SMILES string of the molecule is CCCCOCCNCC(O)COc1ccc(Cl)c(C)c1. The number of rotatable bonds is 11. The molecular formula is C16H26ClNO3. The first-order valence-corrected chi connectivity index (χ1v) is 7.86. The second-order valence-corrected chi connectivity index (χ2v) is 5.45. The van der Waals surface area contributed by atoms with Gasteiger partial charge in [-0.1, -0.05) is 24.9 Å². The Morgan fingerprint density at radius 2 is 2.14 bits per heavy atom. The molecule has 120 valence electrons. The van der Waals surface area contributed by atoms with E-state index in [2.05, 4.69) is 12.2 Å². The number of ether oxygens (including phenoxy) is 2. The molecule has 0 fully saturated rings. The molecule has 0 spiro atoms. The average Bonchev–Trinajstić information content (AvgIpc) is 2.47. The van der Waals surface area contributed by atoms with E-state index in [0.29, 0.717) is 18.2 Å². The van der Waals surface area contributed by atoms with Gasteiger partial charge in [0, 0.05) is 24.7 Å². The van der Waals surface area contributed by atoms with Crippen LogP contribution in [0, 0.1) is 6.92 Å². The van der Waals surface area contributed by atoms with E-state index >= 15 is 0 Å². The summed E-state index contributed by atoms with van der Waals surface area (Å²) in [7, 11) is 0. The predicted octanol–water partition coefficient (Wildman–Crippen LogP) is 2.79. The molecule has 0 saturated carbocycles. The molecule has 4 nitrogen and oxygen atoms in total. The molecule has 21 heavy (non-hydrogen) atoms. The van der Waals surface area contributed by atoms with Gasteiger partial charge in [0.2, 0.25) is 0 Å². The van der Waals surface area contributed by atoms with Gasteiger partial charge in [-0.25, -0.2) is 0 Å². The van der Waals surface area contributed by atoms with Crippen molar-refractivity contribution in [1.29, 1.82) is 0 Å². The number of aliphatic hydroxyl groups excluding tert-OH is 1. The number of hydrogen-bond acceptors (Lipinski definition) is 4. The zero-order valence-electron chi connectivity index (χ0n) is 12.9. The predicted molar refractivity (Wildman–Crippen MR) is 86.3 cm³/mol. The fourth-order valence-corrected chi connectivity index (χ4v) is 1.84. The summed E-state index contributed by atoms with van der Waals surface area (Å²) >= 11 is 5.95. The van der Waals surface area contributed by atoms with Crippen LogP contribution < -0.4 is 10.1 Å². The van der Waals surface area contributed by atoms with Gasteiger partial charge in [0.05, 0.1) is 6.61 Å². The molecule has 0 aliphatic carbocycles. The van der Waals surface area contributed by atoms with Crippen LogP contribution in [0.3, 0.4) is 0 Å². The molecule has 0 aliphatic heterocycles. The highest BCUT2D eigenvalue weighted by atomic mass is 35.5. The van der Waals surface area contributed by atoms with E-state index < -0.39 is 6.10 Å². The molecule has 1 atom stereocenters. The molecule has 2 N–H and O–H groups in total. The van der Waals surface area contributed by atoms with E-state index in [1.807, 2.05) is 13.0 Å². The maximum atomic E-state index is 9.82. The molecule has 1 rings (SSSR count). The molecular weight excluding hydrogens is 290 g/mol. The fourth-order valence-electron chi connectivity index (χ4n) is 1.72. The van der Waals surface area contributed by atoms with Gasteiger partial charge in [-0.15, -0.1) is 0 Å². The number of benzene rings is 1. The number of unbranched alkanes of at least 4 members (excludes halogenated alkanes) is 1. The summed E-state index contributed by atoms with van der Waals surface area (Å²) in [4.78, 5) is 0. The van der Waals surface area contributed by atoms with E-state index in [1.165, 1.54) is 0 Å². The van der Waals surface area contributed by atoms with Crippen molar-refractivity contribution in [3.63, 3.8) is 0 Å². The number of aryl methyl sites for hydroxylation is 1. The van der Waals surface area contributed by atoms with Crippen LogP contribution >= 0.6 is 11.6 Å². The lowest BCUT2D eigenvalue weighted by molar-refractivity contribution is 0.0982. The second kappa shape index (κ2) is 10.9. The smallest absolute Gasteiger partial charge is 0.119 e. The van der Waals surface area contributed by atoms with Crippen LogP contribution in [0.2, 0.25) is 5.02 Å². The van der Waals surface area contributed by atoms with Crippen LogP contribution in [0.4, 0.5) is 0 Å². The third kappa shape index (κ3) is 8.27. The van der Waals surface area contributed by atoms with Crippen molar-refractivity contribution in [2.24, 2.45) is 0 Å². The molecule has 0 heterocycles. The van der Waals surface area contributed by atoms with Gasteiger partial charge >= 0.3 is 0 Å². The molecule has 1 aromatic carbocycles. The first kappa shape index (κ1) is 18.2. The topological polar surface area (TPSA) is 50.7 Å². The Morgan fingerprint density at radius 1 is 1.33 bits per heavy atom. The van der Waals surface area contributed by atoms with Gasteiger partial charge < -0.3 is 19.9 Å². The Hall–Kier alpha value is -0.810. The Labute approximate surface area is 132 Å². The van der Waals surface area contributed by atoms with E-state index in [1.54, 1.807) is 12.1 Å². The van der Waals surface area contributed by atoms with Crippen LogP contribution in [-0.2, 0) is 4.74 Å². The van der Waals surface area contributed by atoms with Gasteiger partial charge in [0.1, 0.15) is 18.5 Å². The lowest BCUT2D eigenvalue weighted by Gasteiger charge is -2.14. The maximum absolute atomic E-state index is 9.82. The monoisotopic (exact) mass is 315 g/mol. The van der Waals surface area contributed by atoms with Crippen LogP contribution in [0.25, 0.3) is 0 Å². The summed E-state index contributed by atoms with van der Waals surface area (Å²) in [5.74, 6) is 0.721. The van der Waals surface area contributed by atoms with Gasteiger partial charge in [-0.05, 0) is 37.1 Å². The van der Waals surface area contributed by atoms with Gasteiger partial charge in [0.25, 0.3) is 0 Å². The third-order valence-corrected chi connectivity index (χ3v) is 3.44. The van der Waals surface area contributed by atoms with Gasteiger partial charge in [0.15, 0.2) is 0 Å². The number of aliphatic hydroxyl groups is 1. The number of hydrogen-bond donors (Lipinski definition) is 2. The highest BCUT2D eigenvalue weighted by molar-refractivity contribution is 6.31. The molecule has 0 amide bonds. The zero-order chi connectivity index (χ0) is 15.5. The summed E-state index contributed by atoms with van der Waals surface area (Å²) in [6.07, 6.45) is 1.70. The molecule has 0 aliphatic rings. The minimum Gasteiger partial charge on any atom is -0.491 e. The molecule has 0 saturated heterocycles. The van der Waals surface area contributed by atoms with Crippen LogP contribution in [0.1, 0.15) is 25.3 Å². The molecule has 1 unspecified atom stereocenters.